The molecule has 0 fully saturated rings. The normalized spacial score (nSPS) is 12.9. The minimum atomic E-state index is -0.471. The zero-order valence-corrected chi connectivity index (χ0v) is 32.3. The zero-order valence-electron chi connectivity index (χ0n) is 32.3. The Morgan fingerprint density at radius 1 is 0.288 bits per heavy atom. The molecule has 0 saturated carbocycles. The number of fused-ring (bicyclic) bond motifs is 12. The maximum atomic E-state index is 5.50. The van der Waals surface area contributed by atoms with Gasteiger partial charge in [-0.3, -0.25) is 0 Å². The van der Waals surface area contributed by atoms with E-state index in [0.29, 0.717) is 0 Å². The van der Waals surface area contributed by atoms with Crippen molar-refractivity contribution in [1.82, 2.24) is 4.98 Å². The Labute approximate surface area is 344 Å². The Hall–Kier alpha value is -7.61. The van der Waals surface area contributed by atoms with E-state index in [4.69, 9.17) is 4.98 Å². The minimum Gasteiger partial charge on any atom is -0.248 e. The van der Waals surface area contributed by atoms with Crippen molar-refractivity contribution in [3.05, 3.63) is 247 Å². The summed E-state index contributed by atoms with van der Waals surface area (Å²) in [6, 6.07) is 82.3. The molecule has 1 heterocycles. The van der Waals surface area contributed by atoms with Gasteiger partial charge in [0.25, 0.3) is 0 Å². The number of hydrogen-bond acceptors (Lipinski definition) is 1. The van der Waals surface area contributed by atoms with E-state index >= 15 is 0 Å². The summed E-state index contributed by atoms with van der Waals surface area (Å²) in [7, 11) is 0. The van der Waals surface area contributed by atoms with Crippen LogP contribution in [-0.2, 0) is 5.41 Å². The molecule has 12 rings (SSSR count). The number of aromatic nitrogens is 1. The summed E-state index contributed by atoms with van der Waals surface area (Å²) >= 11 is 0. The maximum absolute atomic E-state index is 5.50. The molecule has 1 nitrogen and oxygen atoms in total. The lowest BCUT2D eigenvalue weighted by molar-refractivity contribution is 0.801. The van der Waals surface area contributed by atoms with E-state index in [9.17, 15) is 0 Å². The molecule has 0 bridgehead atoms. The van der Waals surface area contributed by atoms with Crippen LogP contribution in [0.2, 0.25) is 0 Å². The van der Waals surface area contributed by atoms with Crippen molar-refractivity contribution in [2.75, 3.05) is 0 Å². The molecule has 2 aliphatic carbocycles. The van der Waals surface area contributed by atoms with Gasteiger partial charge in [-0.25, -0.2) is 4.98 Å². The van der Waals surface area contributed by atoms with Crippen LogP contribution in [0.1, 0.15) is 22.3 Å². The van der Waals surface area contributed by atoms with Crippen LogP contribution in [0.25, 0.3) is 88.9 Å². The molecule has 2 aliphatic rings. The molecule has 0 N–H and O–H groups in total. The topological polar surface area (TPSA) is 12.9 Å². The summed E-state index contributed by atoms with van der Waals surface area (Å²) in [5.41, 5.74) is 21.3. The molecule has 10 aromatic rings. The zero-order chi connectivity index (χ0) is 38.9. The highest BCUT2D eigenvalue weighted by atomic mass is 14.7. The highest BCUT2D eigenvalue weighted by Crippen LogP contribution is 2.65. The van der Waals surface area contributed by atoms with E-state index in [-0.39, 0.29) is 0 Å². The van der Waals surface area contributed by atoms with E-state index in [1.165, 1.54) is 83.1 Å². The Morgan fingerprint density at radius 3 is 1.31 bits per heavy atom. The van der Waals surface area contributed by atoms with Crippen molar-refractivity contribution >= 4 is 10.8 Å². The summed E-state index contributed by atoms with van der Waals surface area (Å²) < 4.78 is 0. The van der Waals surface area contributed by atoms with E-state index in [0.717, 1.165) is 28.1 Å². The van der Waals surface area contributed by atoms with E-state index in [1.807, 2.05) is 0 Å². The summed E-state index contributed by atoms with van der Waals surface area (Å²) in [4.78, 5) is 5.50. The molecule has 9 aromatic carbocycles. The lowest BCUT2D eigenvalue weighted by Crippen LogP contribution is -2.26. The third kappa shape index (κ3) is 5.08. The first-order chi connectivity index (χ1) is 29.3. The van der Waals surface area contributed by atoms with E-state index < -0.39 is 5.41 Å². The fourth-order valence-electron chi connectivity index (χ4n) is 10.2. The van der Waals surface area contributed by atoms with Crippen molar-refractivity contribution < 1.29 is 0 Å². The number of benzene rings is 9. The van der Waals surface area contributed by atoms with Crippen molar-refractivity contribution in [1.29, 1.82) is 0 Å². The van der Waals surface area contributed by atoms with Gasteiger partial charge in [0.05, 0.1) is 16.8 Å². The van der Waals surface area contributed by atoms with Crippen LogP contribution in [0, 0.1) is 0 Å². The molecular formula is C58H37N. The fourth-order valence-corrected chi connectivity index (χ4v) is 10.2. The molecule has 1 aromatic heterocycles. The molecule has 274 valence electrons. The largest absolute Gasteiger partial charge is 0.248 e. The van der Waals surface area contributed by atoms with Gasteiger partial charge >= 0.3 is 0 Å². The molecule has 0 amide bonds. The average molecular weight is 748 g/mol. The molecule has 0 atom stereocenters. The predicted molar refractivity (Wildman–Crippen MR) is 245 cm³/mol. The SMILES string of the molecule is c1ccc(-c2cccc(-c3cc(-c4cc5ccccc5c5c4-c4ccccc4C54c5ccccc5-c5ccccc54)cc(-c4cccc(-c5ccccc5)c4)n3)c2)cc1. The van der Waals surface area contributed by atoms with Gasteiger partial charge in [0.1, 0.15) is 0 Å². The van der Waals surface area contributed by atoms with Crippen molar-refractivity contribution in [3.63, 3.8) is 0 Å². The Morgan fingerprint density at radius 2 is 0.729 bits per heavy atom. The second kappa shape index (κ2) is 13.2. The molecule has 0 saturated heterocycles. The molecule has 1 spiro atoms. The number of nitrogens with zero attached hydrogens (tertiary/aromatic N) is 1. The molecule has 0 aliphatic heterocycles. The third-order valence-electron chi connectivity index (χ3n) is 12.6. The van der Waals surface area contributed by atoms with Gasteiger partial charge in [0.15, 0.2) is 0 Å². The second-order valence-electron chi connectivity index (χ2n) is 15.8. The summed E-state index contributed by atoms with van der Waals surface area (Å²) in [6.45, 7) is 0. The summed E-state index contributed by atoms with van der Waals surface area (Å²) in [5.74, 6) is 0. The highest BCUT2D eigenvalue weighted by molar-refractivity contribution is 6.09. The quantitative estimate of drug-likeness (QED) is 0.171. The smallest absolute Gasteiger partial charge is 0.0731 e. The molecule has 0 unspecified atom stereocenters. The molecule has 0 radical (unpaired) electrons. The monoisotopic (exact) mass is 747 g/mol. The lowest BCUT2D eigenvalue weighted by atomic mass is 9.69. The average Bonchev–Trinajstić information content (AvgIpc) is 3.80. The maximum Gasteiger partial charge on any atom is 0.0731 e. The second-order valence-corrected chi connectivity index (χ2v) is 15.8. The minimum absolute atomic E-state index is 0.471. The Balaban J connectivity index is 1.17. The summed E-state index contributed by atoms with van der Waals surface area (Å²) in [6.07, 6.45) is 0. The Bertz CT molecular complexity index is 3120. The first-order valence-electron chi connectivity index (χ1n) is 20.5. The summed E-state index contributed by atoms with van der Waals surface area (Å²) in [5, 5.41) is 2.52. The van der Waals surface area contributed by atoms with Crippen LogP contribution in [0.4, 0.5) is 0 Å². The van der Waals surface area contributed by atoms with E-state index in [2.05, 4.69) is 224 Å². The van der Waals surface area contributed by atoms with E-state index in [1.54, 1.807) is 0 Å². The van der Waals surface area contributed by atoms with Crippen LogP contribution in [-0.4, -0.2) is 4.98 Å². The van der Waals surface area contributed by atoms with Crippen molar-refractivity contribution in [2.24, 2.45) is 0 Å². The van der Waals surface area contributed by atoms with Crippen LogP contribution in [0.5, 0.6) is 0 Å². The predicted octanol–water partition coefficient (Wildman–Crippen LogP) is 14.9. The highest BCUT2D eigenvalue weighted by Gasteiger charge is 2.53. The number of hydrogen-bond donors (Lipinski definition) is 0. The van der Waals surface area contributed by atoms with Gasteiger partial charge in [-0.05, 0) is 119 Å². The molecule has 59 heavy (non-hydrogen) atoms. The van der Waals surface area contributed by atoms with Gasteiger partial charge in [0.2, 0.25) is 0 Å². The first-order valence-corrected chi connectivity index (χ1v) is 20.5. The molecular weight excluding hydrogens is 711 g/mol. The van der Waals surface area contributed by atoms with Crippen LogP contribution < -0.4 is 0 Å². The van der Waals surface area contributed by atoms with Crippen LogP contribution in [0.3, 0.4) is 0 Å². The number of pyridine rings is 1. The Kier molecular flexibility index (Phi) is 7.52. The van der Waals surface area contributed by atoms with Crippen LogP contribution in [0.15, 0.2) is 224 Å². The standard InChI is InChI=1S/C58H37N/c1-3-17-38(18-4-1)40-22-15-24-43(33-40)54-36-45(37-55(59-54)44-25-16-23-41(34-44)39-19-5-2-6-20-39)50-35-42-21-7-8-26-46(42)57-56(50)49-29-11-14-32-53(49)58(57)51-30-12-9-27-47(51)48-28-10-13-31-52(48)58/h1-37H. The van der Waals surface area contributed by atoms with Gasteiger partial charge in [-0.15, -0.1) is 0 Å². The van der Waals surface area contributed by atoms with Gasteiger partial charge < -0.3 is 0 Å². The molecule has 1 heteroatoms. The number of rotatable bonds is 5. The van der Waals surface area contributed by atoms with Crippen LogP contribution >= 0.6 is 0 Å². The van der Waals surface area contributed by atoms with Crippen molar-refractivity contribution in [2.45, 2.75) is 5.41 Å². The first kappa shape index (κ1) is 33.5. The third-order valence-corrected chi connectivity index (χ3v) is 12.6. The van der Waals surface area contributed by atoms with Crippen molar-refractivity contribution in [3.8, 4) is 78.1 Å². The lowest BCUT2D eigenvalue weighted by Gasteiger charge is -2.31. The van der Waals surface area contributed by atoms with Gasteiger partial charge in [-0.2, -0.15) is 0 Å². The van der Waals surface area contributed by atoms with Gasteiger partial charge in [-0.1, -0.05) is 194 Å². The van der Waals surface area contributed by atoms with Gasteiger partial charge in [0, 0.05) is 11.1 Å². The fraction of sp³-hybridized carbons (Fsp3) is 0.0172.